The maximum atomic E-state index is 11.3. The first-order valence-corrected chi connectivity index (χ1v) is 14.4. The first-order valence-electron chi connectivity index (χ1n) is 12.7. The van der Waals surface area contributed by atoms with Crippen molar-refractivity contribution >= 4 is 23.5 Å². The first-order chi connectivity index (χ1) is 15.9. The summed E-state index contributed by atoms with van der Waals surface area (Å²) in [6.07, 6.45) is 0. The Labute approximate surface area is 228 Å². The molecule has 0 spiro atoms. The number of aromatic hydroxyl groups is 3. The highest BCUT2D eigenvalue weighted by Crippen LogP contribution is 2.54. The summed E-state index contributed by atoms with van der Waals surface area (Å²) in [5.74, 6) is 0.722. The predicted molar refractivity (Wildman–Crippen MR) is 158 cm³/mol. The summed E-state index contributed by atoms with van der Waals surface area (Å²) >= 11 is 3.33. The molecule has 2 aromatic rings. The molecular weight excluding hydrogens is 484 g/mol. The number of phenols is 3. The van der Waals surface area contributed by atoms with Gasteiger partial charge in [0.2, 0.25) is 0 Å². The molecule has 3 nitrogen and oxygen atoms in total. The number of thioether (sulfide) groups is 2. The van der Waals surface area contributed by atoms with Crippen molar-refractivity contribution in [1.82, 2.24) is 0 Å². The number of benzene rings is 2. The molecule has 0 aromatic heterocycles. The topological polar surface area (TPSA) is 60.7 Å². The molecule has 36 heavy (non-hydrogen) atoms. The molecule has 5 heteroatoms. The molecule has 0 atom stereocenters. The Kier molecular flexibility index (Phi) is 8.28. The van der Waals surface area contributed by atoms with Crippen LogP contribution in [0, 0.1) is 0 Å². The molecule has 0 saturated heterocycles. The fraction of sp³-hybridized carbons (Fsp3) is 0.613. The van der Waals surface area contributed by atoms with Gasteiger partial charge in [-0.15, -0.1) is 23.5 Å². The van der Waals surface area contributed by atoms with E-state index in [4.69, 9.17) is 0 Å². The third-order valence-corrected chi connectivity index (χ3v) is 8.70. The first kappa shape index (κ1) is 30.8. The van der Waals surface area contributed by atoms with E-state index in [0.717, 1.165) is 26.5 Å². The quantitative estimate of drug-likeness (QED) is 0.270. The highest BCUT2D eigenvalue weighted by molar-refractivity contribution is 8.18. The Morgan fingerprint density at radius 1 is 0.472 bits per heavy atom. The van der Waals surface area contributed by atoms with Gasteiger partial charge in [0.05, 0.1) is 8.97 Å². The van der Waals surface area contributed by atoms with E-state index in [1.807, 2.05) is 26.8 Å². The molecule has 0 saturated carbocycles. The number of hydrogen-bond donors (Lipinski definition) is 3. The van der Waals surface area contributed by atoms with Crippen molar-refractivity contribution in [3.8, 4) is 17.2 Å². The SMILES string of the molecule is CC(C)(Sc1cc(C(C)(C)C)c(O)c(C(C)(C)C)c1)Sc1cc(C(C)(C)C)c(O)c(C(C)(C)C)c1O. The zero-order chi connectivity index (χ0) is 28.2. The second-order valence-electron chi connectivity index (χ2n) is 14.5. The van der Waals surface area contributed by atoms with Crippen LogP contribution in [0.3, 0.4) is 0 Å². The normalized spacial score (nSPS) is 13.8. The molecule has 2 rings (SSSR count). The van der Waals surface area contributed by atoms with Crippen LogP contribution in [0.1, 0.15) is 119 Å². The lowest BCUT2D eigenvalue weighted by Gasteiger charge is -2.32. The summed E-state index contributed by atoms with van der Waals surface area (Å²) in [5.41, 5.74) is 2.22. The van der Waals surface area contributed by atoms with Crippen molar-refractivity contribution in [2.45, 2.75) is 132 Å². The second kappa shape index (κ2) is 9.69. The maximum Gasteiger partial charge on any atom is 0.136 e. The lowest BCUT2D eigenvalue weighted by Crippen LogP contribution is -2.19. The Morgan fingerprint density at radius 2 is 0.861 bits per heavy atom. The van der Waals surface area contributed by atoms with Gasteiger partial charge in [-0.25, -0.2) is 0 Å². The van der Waals surface area contributed by atoms with Crippen molar-refractivity contribution in [3.05, 3.63) is 40.5 Å². The van der Waals surface area contributed by atoms with Gasteiger partial charge in [-0.2, -0.15) is 0 Å². The van der Waals surface area contributed by atoms with Crippen LogP contribution in [0.2, 0.25) is 0 Å². The van der Waals surface area contributed by atoms with Crippen LogP contribution < -0.4 is 0 Å². The summed E-state index contributed by atoms with van der Waals surface area (Å²) in [4.78, 5) is 1.86. The zero-order valence-electron chi connectivity index (χ0n) is 24.9. The molecule has 0 heterocycles. The van der Waals surface area contributed by atoms with Crippen LogP contribution in [0.5, 0.6) is 17.2 Å². The lowest BCUT2D eigenvalue weighted by atomic mass is 9.79. The largest absolute Gasteiger partial charge is 0.507 e. The van der Waals surface area contributed by atoms with Crippen LogP contribution in [-0.2, 0) is 21.7 Å². The van der Waals surface area contributed by atoms with Crippen molar-refractivity contribution in [2.24, 2.45) is 0 Å². The molecule has 3 N–H and O–H groups in total. The van der Waals surface area contributed by atoms with Crippen molar-refractivity contribution in [3.63, 3.8) is 0 Å². The average Bonchev–Trinajstić information content (AvgIpc) is 2.61. The number of rotatable bonds is 4. The molecule has 0 aliphatic rings. The molecule has 0 aliphatic carbocycles. The third-order valence-electron chi connectivity index (χ3n) is 6.21. The second-order valence-corrected chi connectivity index (χ2v) is 18.1. The highest BCUT2D eigenvalue weighted by atomic mass is 32.2. The summed E-state index contributed by atoms with van der Waals surface area (Å²) in [6.45, 7) is 29.3. The van der Waals surface area contributed by atoms with Crippen molar-refractivity contribution < 1.29 is 15.3 Å². The molecule has 0 fully saturated rings. The van der Waals surface area contributed by atoms with Gasteiger partial charge >= 0.3 is 0 Å². The standard InChI is InChI=1S/C31H48O3S2/c1-27(2,3)19-15-18(16-20(24(19)32)28(4,5)6)35-31(13,14)36-22-17-21(29(7,8)9)25(33)23(26(22)34)30(10,11)12/h15-17,32-34H,1-14H3. The van der Waals surface area contributed by atoms with Gasteiger partial charge in [0, 0.05) is 27.1 Å². The van der Waals surface area contributed by atoms with Gasteiger partial charge < -0.3 is 15.3 Å². The molecule has 0 amide bonds. The minimum Gasteiger partial charge on any atom is -0.507 e. The van der Waals surface area contributed by atoms with Gasteiger partial charge in [0.1, 0.15) is 17.2 Å². The summed E-state index contributed by atoms with van der Waals surface area (Å²) in [5, 5.41) is 33.6. The smallest absolute Gasteiger partial charge is 0.136 e. The van der Waals surface area contributed by atoms with Gasteiger partial charge in [-0.3, -0.25) is 0 Å². The highest BCUT2D eigenvalue weighted by Gasteiger charge is 2.34. The van der Waals surface area contributed by atoms with E-state index >= 15 is 0 Å². The summed E-state index contributed by atoms with van der Waals surface area (Å²) < 4.78 is -0.333. The fourth-order valence-corrected chi connectivity index (χ4v) is 6.93. The number of phenolic OH excluding ortho intramolecular Hbond substituents is 3. The van der Waals surface area contributed by atoms with E-state index in [2.05, 4.69) is 88.3 Å². The maximum absolute atomic E-state index is 11.3. The predicted octanol–water partition coefficient (Wildman–Crippen LogP) is 9.61. The van der Waals surface area contributed by atoms with Crippen LogP contribution in [-0.4, -0.2) is 19.4 Å². The Hall–Kier alpha value is -1.46. The molecular formula is C31H48O3S2. The zero-order valence-corrected chi connectivity index (χ0v) is 26.5. The van der Waals surface area contributed by atoms with E-state index in [1.54, 1.807) is 23.5 Å². The molecule has 0 unspecified atom stereocenters. The van der Waals surface area contributed by atoms with Crippen LogP contribution in [0.25, 0.3) is 0 Å². The van der Waals surface area contributed by atoms with Crippen LogP contribution in [0.15, 0.2) is 28.0 Å². The van der Waals surface area contributed by atoms with Gasteiger partial charge in [-0.1, -0.05) is 83.1 Å². The van der Waals surface area contributed by atoms with E-state index in [-0.39, 0.29) is 31.8 Å². The van der Waals surface area contributed by atoms with Gasteiger partial charge in [0.25, 0.3) is 0 Å². The Balaban J connectivity index is 2.64. The fourth-order valence-electron chi connectivity index (χ4n) is 4.38. The molecule has 0 bridgehead atoms. The Morgan fingerprint density at radius 3 is 1.22 bits per heavy atom. The molecule has 0 aliphatic heterocycles. The number of hydrogen-bond acceptors (Lipinski definition) is 5. The lowest BCUT2D eigenvalue weighted by molar-refractivity contribution is 0.389. The van der Waals surface area contributed by atoms with E-state index in [1.165, 1.54) is 0 Å². The van der Waals surface area contributed by atoms with Crippen molar-refractivity contribution in [2.75, 3.05) is 0 Å². The van der Waals surface area contributed by atoms with Gasteiger partial charge in [0.15, 0.2) is 0 Å². The minimum absolute atomic E-state index is 0.156. The Bertz CT molecular complexity index is 1080. The molecule has 0 radical (unpaired) electrons. The van der Waals surface area contributed by atoms with Crippen molar-refractivity contribution in [1.29, 1.82) is 0 Å². The van der Waals surface area contributed by atoms with E-state index in [9.17, 15) is 15.3 Å². The summed E-state index contributed by atoms with van der Waals surface area (Å²) in [6, 6.07) is 6.16. The molecule has 202 valence electrons. The molecule has 2 aromatic carbocycles. The average molecular weight is 533 g/mol. The van der Waals surface area contributed by atoms with E-state index < -0.39 is 5.41 Å². The third kappa shape index (κ3) is 6.89. The van der Waals surface area contributed by atoms with Crippen LogP contribution in [0.4, 0.5) is 0 Å². The minimum atomic E-state index is -0.414. The van der Waals surface area contributed by atoms with Gasteiger partial charge in [-0.05, 0) is 53.7 Å². The summed E-state index contributed by atoms with van der Waals surface area (Å²) in [7, 11) is 0. The monoisotopic (exact) mass is 532 g/mol. The van der Waals surface area contributed by atoms with Crippen LogP contribution >= 0.6 is 23.5 Å². The van der Waals surface area contributed by atoms with E-state index in [0.29, 0.717) is 11.3 Å².